The number of nitrogens with zero attached hydrogens (tertiary/aromatic N) is 1. The zero-order valence-corrected chi connectivity index (χ0v) is 9.55. The monoisotopic (exact) mass is 237 g/mol. The van der Waals surface area contributed by atoms with Crippen molar-refractivity contribution in [2.45, 2.75) is 6.61 Å². The van der Waals surface area contributed by atoms with E-state index in [1.807, 2.05) is 30.3 Å². The highest BCUT2D eigenvalue weighted by Crippen LogP contribution is 2.00. The Labute approximate surface area is 99.3 Å². The SMILES string of the molecule is CN(CC(N)=O)NC(=O)OCc1ccccc1. The summed E-state index contributed by atoms with van der Waals surface area (Å²) in [5.41, 5.74) is 8.20. The molecule has 0 aliphatic rings. The van der Waals surface area contributed by atoms with Crippen LogP contribution in [-0.2, 0) is 16.1 Å². The summed E-state index contributed by atoms with van der Waals surface area (Å²) in [6, 6.07) is 9.29. The van der Waals surface area contributed by atoms with Gasteiger partial charge in [0.2, 0.25) is 5.91 Å². The quantitative estimate of drug-likeness (QED) is 0.719. The van der Waals surface area contributed by atoms with Crippen LogP contribution in [0, 0.1) is 0 Å². The number of ether oxygens (including phenoxy) is 1. The van der Waals surface area contributed by atoms with Crippen molar-refractivity contribution in [3.8, 4) is 0 Å². The van der Waals surface area contributed by atoms with Crippen LogP contribution in [0.15, 0.2) is 30.3 Å². The lowest BCUT2D eigenvalue weighted by atomic mass is 10.2. The van der Waals surface area contributed by atoms with Gasteiger partial charge in [0.25, 0.3) is 0 Å². The van der Waals surface area contributed by atoms with Crippen LogP contribution >= 0.6 is 0 Å². The summed E-state index contributed by atoms with van der Waals surface area (Å²) >= 11 is 0. The maximum atomic E-state index is 11.3. The molecule has 0 aliphatic carbocycles. The number of rotatable bonds is 5. The molecule has 92 valence electrons. The van der Waals surface area contributed by atoms with Crippen molar-refractivity contribution in [3.63, 3.8) is 0 Å². The number of hydrogen-bond acceptors (Lipinski definition) is 4. The maximum Gasteiger partial charge on any atom is 0.422 e. The lowest BCUT2D eigenvalue weighted by molar-refractivity contribution is -0.119. The third-order valence-electron chi connectivity index (χ3n) is 1.89. The Bertz CT molecular complexity index is 381. The van der Waals surface area contributed by atoms with E-state index in [4.69, 9.17) is 10.5 Å². The van der Waals surface area contributed by atoms with E-state index in [-0.39, 0.29) is 13.2 Å². The molecule has 0 unspecified atom stereocenters. The van der Waals surface area contributed by atoms with Crippen molar-refractivity contribution < 1.29 is 14.3 Å². The standard InChI is InChI=1S/C11H15N3O3/c1-14(7-10(12)15)13-11(16)17-8-9-5-3-2-4-6-9/h2-6H,7-8H2,1H3,(H2,12,15)(H,13,16). The zero-order chi connectivity index (χ0) is 12.7. The molecule has 0 aliphatic heterocycles. The molecule has 0 atom stereocenters. The molecular weight excluding hydrogens is 222 g/mol. The number of carbonyl (C=O) groups is 2. The van der Waals surface area contributed by atoms with Crippen LogP contribution in [0.25, 0.3) is 0 Å². The van der Waals surface area contributed by atoms with Gasteiger partial charge in [-0.3, -0.25) is 10.2 Å². The van der Waals surface area contributed by atoms with Crippen molar-refractivity contribution in [3.05, 3.63) is 35.9 Å². The first-order valence-corrected chi connectivity index (χ1v) is 5.04. The van der Waals surface area contributed by atoms with E-state index in [2.05, 4.69) is 5.43 Å². The van der Waals surface area contributed by atoms with Crippen LogP contribution < -0.4 is 11.2 Å². The van der Waals surface area contributed by atoms with E-state index in [9.17, 15) is 9.59 Å². The first-order chi connectivity index (χ1) is 8.08. The number of primary amides is 1. The number of hydrogen-bond donors (Lipinski definition) is 2. The van der Waals surface area contributed by atoms with Crippen molar-refractivity contribution in [1.29, 1.82) is 0 Å². The van der Waals surface area contributed by atoms with Gasteiger partial charge >= 0.3 is 6.09 Å². The van der Waals surface area contributed by atoms with E-state index in [0.717, 1.165) is 5.56 Å². The highest BCUT2D eigenvalue weighted by Gasteiger charge is 2.07. The van der Waals surface area contributed by atoms with Crippen LogP contribution in [0.3, 0.4) is 0 Å². The van der Waals surface area contributed by atoms with Gasteiger partial charge in [0, 0.05) is 7.05 Å². The second-order valence-electron chi connectivity index (χ2n) is 3.50. The molecule has 2 amide bonds. The van der Waals surface area contributed by atoms with E-state index >= 15 is 0 Å². The number of amides is 2. The average Bonchev–Trinajstić information content (AvgIpc) is 2.26. The maximum absolute atomic E-state index is 11.3. The summed E-state index contributed by atoms with van der Waals surface area (Å²) in [5, 5.41) is 1.26. The molecule has 0 fully saturated rings. The minimum absolute atomic E-state index is 0.0690. The molecule has 0 saturated heterocycles. The van der Waals surface area contributed by atoms with E-state index in [1.54, 1.807) is 0 Å². The second-order valence-corrected chi connectivity index (χ2v) is 3.50. The molecule has 6 nitrogen and oxygen atoms in total. The molecule has 0 bridgehead atoms. The normalized spacial score (nSPS) is 10.0. The van der Waals surface area contributed by atoms with Gasteiger partial charge in [-0.2, -0.15) is 0 Å². The molecule has 0 spiro atoms. The summed E-state index contributed by atoms with van der Waals surface area (Å²) in [7, 11) is 1.52. The molecule has 1 rings (SSSR count). The number of likely N-dealkylation sites (N-methyl/N-ethyl adjacent to an activating group) is 1. The van der Waals surface area contributed by atoms with Crippen molar-refractivity contribution in [2.24, 2.45) is 5.73 Å². The Morgan fingerprint density at radius 2 is 2.00 bits per heavy atom. The van der Waals surface area contributed by atoms with Crippen molar-refractivity contribution in [1.82, 2.24) is 10.4 Å². The van der Waals surface area contributed by atoms with Gasteiger partial charge in [0.15, 0.2) is 0 Å². The topological polar surface area (TPSA) is 84.7 Å². The third kappa shape index (κ3) is 5.53. The van der Waals surface area contributed by atoms with Gasteiger partial charge in [0.05, 0.1) is 6.54 Å². The Morgan fingerprint density at radius 3 is 2.59 bits per heavy atom. The molecule has 0 aromatic heterocycles. The number of nitrogens with two attached hydrogens (primary N) is 1. The predicted octanol–water partition coefficient (Wildman–Crippen LogP) is 0.245. The predicted molar refractivity (Wildman–Crippen MR) is 61.6 cm³/mol. The molecule has 0 heterocycles. The van der Waals surface area contributed by atoms with Gasteiger partial charge in [-0.15, -0.1) is 0 Å². The Morgan fingerprint density at radius 1 is 1.35 bits per heavy atom. The summed E-state index contributed by atoms with van der Waals surface area (Å²) in [6.07, 6.45) is -0.627. The number of carbonyl (C=O) groups excluding carboxylic acids is 2. The molecule has 17 heavy (non-hydrogen) atoms. The zero-order valence-electron chi connectivity index (χ0n) is 9.55. The van der Waals surface area contributed by atoms with Crippen LogP contribution in [0.4, 0.5) is 4.79 Å². The average molecular weight is 237 g/mol. The first kappa shape index (κ1) is 13.0. The summed E-state index contributed by atoms with van der Waals surface area (Å²) < 4.78 is 4.94. The summed E-state index contributed by atoms with van der Waals surface area (Å²) in [6.45, 7) is 0.109. The van der Waals surface area contributed by atoms with E-state index in [0.29, 0.717) is 0 Å². The lowest BCUT2D eigenvalue weighted by Crippen LogP contribution is -2.44. The minimum Gasteiger partial charge on any atom is -0.444 e. The Balaban J connectivity index is 2.28. The second kappa shape index (κ2) is 6.49. The van der Waals surface area contributed by atoms with Crippen LogP contribution in [0.1, 0.15) is 5.56 Å². The molecule has 1 aromatic carbocycles. The highest BCUT2D eigenvalue weighted by molar-refractivity contribution is 5.76. The third-order valence-corrected chi connectivity index (χ3v) is 1.89. The van der Waals surface area contributed by atoms with Gasteiger partial charge in [-0.25, -0.2) is 9.80 Å². The van der Waals surface area contributed by atoms with Crippen molar-refractivity contribution >= 4 is 12.0 Å². The summed E-state index contributed by atoms with van der Waals surface area (Å²) in [5.74, 6) is -0.532. The van der Waals surface area contributed by atoms with E-state index in [1.165, 1.54) is 12.1 Å². The van der Waals surface area contributed by atoms with E-state index < -0.39 is 12.0 Å². The van der Waals surface area contributed by atoms with Gasteiger partial charge < -0.3 is 10.5 Å². The first-order valence-electron chi connectivity index (χ1n) is 5.04. The van der Waals surface area contributed by atoms with Crippen LogP contribution in [0.2, 0.25) is 0 Å². The molecule has 0 radical (unpaired) electrons. The molecule has 0 saturated carbocycles. The fourth-order valence-corrected chi connectivity index (χ4v) is 1.18. The van der Waals surface area contributed by atoms with Gasteiger partial charge in [-0.1, -0.05) is 30.3 Å². The molecule has 3 N–H and O–H groups in total. The molecular formula is C11H15N3O3. The smallest absolute Gasteiger partial charge is 0.422 e. The van der Waals surface area contributed by atoms with Gasteiger partial charge in [0.1, 0.15) is 6.61 Å². The largest absolute Gasteiger partial charge is 0.444 e. The Kier molecular flexibility index (Phi) is 4.96. The minimum atomic E-state index is -0.627. The Hall–Kier alpha value is -2.08. The fourth-order valence-electron chi connectivity index (χ4n) is 1.18. The lowest BCUT2D eigenvalue weighted by Gasteiger charge is -2.15. The number of benzene rings is 1. The molecule has 6 heteroatoms. The van der Waals surface area contributed by atoms with Crippen LogP contribution in [-0.4, -0.2) is 30.6 Å². The summed E-state index contributed by atoms with van der Waals surface area (Å²) in [4.78, 5) is 21.8. The van der Waals surface area contributed by atoms with Crippen LogP contribution in [0.5, 0.6) is 0 Å². The van der Waals surface area contributed by atoms with Gasteiger partial charge in [-0.05, 0) is 5.56 Å². The fraction of sp³-hybridized carbons (Fsp3) is 0.273. The number of hydrazine groups is 1. The number of nitrogens with one attached hydrogen (secondary N) is 1. The van der Waals surface area contributed by atoms with Crippen molar-refractivity contribution in [2.75, 3.05) is 13.6 Å². The molecule has 1 aromatic rings. The highest BCUT2D eigenvalue weighted by atomic mass is 16.6.